The van der Waals surface area contributed by atoms with Crippen LogP contribution in [0.3, 0.4) is 0 Å². The average molecular weight is 297 g/mol. The second kappa shape index (κ2) is 5.88. The van der Waals surface area contributed by atoms with Crippen LogP contribution in [0.15, 0.2) is 36.4 Å². The maximum Gasteiger partial charge on any atom is 0.174 e. The lowest BCUT2D eigenvalue weighted by Crippen LogP contribution is -2.15. The van der Waals surface area contributed by atoms with Crippen LogP contribution in [-0.2, 0) is 6.61 Å². The summed E-state index contributed by atoms with van der Waals surface area (Å²) in [5.74, 6) is -1.48. The molecule has 104 valence electrons. The van der Waals surface area contributed by atoms with Gasteiger partial charge in [0.25, 0.3) is 0 Å². The first kappa shape index (κ1) is 14.3. The molecule has 2 aromatic carbocycles. The van der Waals surface area contributed by atoms with E-state index in [0.29, 0.717) is 5.56 Å². The summed E-state index contributed by atoms with van der Waals surface area (Å²) in [6, 6.07) is 7.95. The molecule has 0 saturated heterocycles. The molecule has 2 rings (SSSR count). The molecule has 0 aromatic heterocycles. The van der Waals surface area contributed by atoms with Gasteiger partial charge in [0.15, 0.2) is 11.6 Å². The molecule has 0 radical (unpaired) electrons. The Labute approximate surface area is 119 Å². The summed E-state index contributed by atoms with van der Waals surface area (Å²) in [5.41, 5.74) is 6.05. The first-order valence-electron chi connectivity index (χ1n) is 5.68. The molecule has 0 saturated carbocycles. The Kier molecular flexibility index (Phi) is 4.20. The van der Waals surface area contributed by atoms with Crippen LogP contribution < -0.4 is 10.5 Å². The summed E-state index contributed by atoms with van der Waals surface area (Å²) >= 11 is 5.83. The fourth-order valence-electron chi connectivity index (χ4n) is 1.70. The lowest BCUT2D eigenvalue weighted by atomic mass is 10.1. The number of halogens is 3. The largest absolute Gasteiger partial charge is 0.484 e. The molecule has 0 spiro atoms. The Balaban J connectivity index is 2.25. The second-order valence-electron chi connectivity index (χ2n) is 4.05. The summed E-state index contributed by atoms with van der Waals surface area (Å²) in [6.45, 7) is -0.0736. The zero-order valence-corrected chi connectivity index (χ0v) is 11.0. The van der Waals surface area contributed by atoms with Gasteiger partial charge in [-0.15, -0.1) is 0 Å². The number of amidine groups is 1. The molecule has 0 unspecified atom stereocenters. The van der Waals surface area contributed by atoms with Crippen molar-refractivity contribution in [2.45, 2.75) is 6.61 Å². The van der Waals surface area contributed by atoms with E-state index in [-0.39, 0.29) is 28.8 Å². The highest BCUT2D eigenvalue weighted by atomic mass is 35.5. The summed E-state index contributed by atoms with van der Waals surface area (Å²) in [7, 11) is 0. The molecular weight excluding hydrogens is 286 g/mol. The van der Waals surface area contributed by atoms with Gasteiger partial charge in [-0.05, 0) is 24.3 Å². The summed E-state index contributed by atoms with van der Waals surface area (Å²) in [5, 5.41) is 7.53. The number of ether oxygens (including phenoxy) is 1. The summed E-state index contributed by atoms with van der Waals surface area (Å²) in [6.07, 6.45) is 0. The smallest absolute Gasteiger partial charge is 0.174 e. The molecule has 0 aliphatic carbocycles. The van der Waals surface area contributed by atoms with Crippen molar-refractivity contribution in [2.75, 3.05) is 0 Å². The zero-order chi connectivity index (χ0) is 14.7. The Morgan fingerprint density at radius 2 is 2.00 bits per heavy atom. The molecule has 0 aliphatic rings. The molecule has 6 heteroatoms. The highest BCUT2D eigenvalue weighted by Crippen LogP contribution is 2.28. The Hall–Kier alpha value is -2.14. The Bertz CT molecular complexity index is 641. The van der Waals surface area contributed by atoms with E-state index in [4.69, 9.17) is 27.5 Å². The fraction of sp³-hybridized carbons (Fsp3) is 0.0714. The van der Waals surface area contributed by atoms with E-state index < -0.39 is 11.6 Å². The van der Waals surface area contributed by atoms with Crippen molar-refractivity contribution in [3.05, 3.63) is 64.2 Å². The number of rotatable bonds is 4. The minimum Gasteiger partial charge on any atom is -0.484 e. The number of nitrogens with one attached hydrogen (secondary N) is 1. The quantitative estimate of drug-likeness (QED) is 0.670. The molecular formula is C14H11ClF2N2O. The lowest BCUT2D eigenvalue weighted by molar-refractivity contribution is 0.290. The second-order valence-corrected chi connectivity index (χ2v) is 4.46. The topological polar surface area (TPSA) is 59.1 Å². The third kappa shape index (κ3) is 3.05. The standard InChI is InChI=1S/C14H11ClF2N2O/c15-11-2-1-3-12(17)13(11)20-7-8-4-5-9(16)6-10(8)14(18)19/h1-6H,7H2,(H3,18,19). The van der Waals surface area contributed by atoms with Crippen molar-refractivity contribution in [1.29, 1.82) is 5.41 Å². The van der Waals surface area contributed by atoms with Crippen LogP contribution in [0.2, 0.25) is 5.02 Å². The maximum atomic E-state index is 13.5. The highest BCUT2D eigenvalue weighted by Gasteiger charge is 2.11. The minimum atomic E-state index is -0.594. The number of hydrogen-bond acceptors (Lipinski definition) is 2. The monoisotopic (exact) mass is 296 g/mol. The van der Waals surface area contributed by atoms with E-state index in [1.165, 1.54) is 30.3 Å². The molecule has 0 aliphatic heterocycles. The van der Waals surface area contributed by atoms with Crippen LogP contribution >= 0.6 is 11.6 Å². The lowest BCUT2D eigenvalue weighted by Gasteiger charge is -2.12. The zero-order valence-electron chi connectivity index (χ0n) is 10.3. The van der Waals surface area contributed by atoms with E-state index >= 15 is 0 Å². The van der Waals surface area contributed by atoms with Gasteiger partial charge in [-0.25, -0.2) is 8.78 Å². The first-order valence-corrected chi connectivity index (χ1v) is 6.06. The van der Waals surface area contributed by atoms with Crippen LogP contribution in [0, 0.1) is 17.0 Å². The number of nitrogens with two attached hydrogens (primary N) is 1. The third-order valence-corrected chi connectivity index (χ3v) is 2.95. The van der Waals surface area contributed by atoms with Crippen LogP contribution in [0.1, 0.15) is 11.1 Å². The van der Waals surface area contributed by atoms with Crippen molar-refractivity contribution < 1.29 is 13.5 Å². The van der Waals surface area contributed by atoms with Gasteiger partial charge in [0, 0.05) is 11.1 Å². The van der Waals surface area contributed by atoms with E-state index in [9.17, 15) is 8.78 Å². The van der Waals surface area contributed by atoms with Crippen molar-refractivity contribution in [1.82, 2.24) is 0 Å². The van der Waals surface area contributed by atoms with Crippen LogP contribution in [-0.4, -0.2) is 5.84 Å². The molecule has 0 amide bonds. The summed E-state index contributed by atoms with van der Waals surface area (Å²) < 4.78 is 32.0. The van der Waals surface area contributed by atoms with Gasteiger partial charge in [0.1, 0.15) is 18.3 Å². The van der Waals surface area contributed by atoms with E-state index in [1.807, 2.05) is 0 Å². The van der Waals surface area contributed by atoms with Gasteiger partial charge in [0.2, 0.25) is 0 Å². The van der Waals surface area contributed by atoms with E-state index in [1.54, 1.807) is 0 Å². The van der Waals surface area contributed by atoms with Crippen molar-refractivity contribution in [3.8, 4) is 5.75 Å². The number of para-hydroxylation sites is 1. The minimum absolute atomic E-state index is 0.0736. The molecule has 0 fully saturated rings. The molecule has 0 heterocycles. The van der Waals surface area contributed by atoms with Gasteiger partial charge >= 0.3 is 0 Å². The van der Waals surface area contributed by atoms with E-state index in [2.05, 4.69) is 0 Å². The van der Waals surface area contributed by atoms with E-state index in [0.717, 1.165) is 6.07 Å². The molecule has 20 heavy (non-hydrogen) atoms. The maximum absolute atomic E-state index is 13.5. The van der Waals surface area contributed by atoms with Crippen LogP contribution in [0.25, 0.3) is 0 Å². The number of benzene rings is 2. The molecule has 3 N–H and O–H groups in total. The van der Waals surface area contributed by atoms with Crippen molar-refractivity contribution >= 4 is 17.4 Å². The Morgan fingerprint density at radius 1 is 1.25 bits per heavy atom. The van der Waals surface area contributed by atoms with Crippen molar-refractivity contribution in [3.63, 3.8) is 0 Å². The van der Waals surface area contributed by atoms with Crippen molar-refractivity contribution in [2.24, 2.45) is 5.73 Å². The number of nitrogen functional groups attached to an aromatic ring is 1. The average Bonchev–Trinajstić information content (AvgIpc) is 2.39. The first-order chi connectivity index (χ1) is 9.49. The van der Waals surface area contributed by atoms with Crippen LogP contribution in [0.5, 0.6) is 5.75 Å². The predicted octanol–water partition coefficient (Wildman–Crippen LogP) is 3.48. The van der Waals surface area contributed by atoms with Crippen LogP contribution in [0.4, 0.5) is 8.78 Å². The van der Waals surface area contributed by atoms with Gasteiger partial charge in [-0.2, -0.15) is 0 Å². The third-order valence-electron chi connectivity index (χ3n) is 2.65. The summed E-state index contributed by atoms with van der Waals surface area (Å²) in [4.78, 5) is 0. The molecule has 3 nitrogen and oxygen atoms in total. The van der Waals surface area contributed by atoms with Gasteiger partial charge in [-0.3, -0.25) is 5.41 Å². The molecule has 0 atom stereocenters. The van der Waals surface area contributed by atoms with Gasteiger partial charge in [-0.1, -0.05) is 23.7 Å². The predicted molar refractivity (Wildman–Crippen MR) is 73.2 cm³/mol. The van der Waals surface area contributed by atoms with Gasteiger partial charge < -0.3 is 10.5 Å². The highest BCUT2D eigenvalue weighted by molar-refractivity contribution is 6.32. The Morgan fingerprint density at radius 3 is 2.65 bits per heavy atom. The molecule has 0 bridgehead atoms. The SMILES string of the molecule is N=C(N)c1cc(F)ccc1COc1c(F)cccc1Cl. The van der Waals surface area contributed by atoms with Gasteiger partial charge in [0.05, 0.1) is 5.02 Å². The molecule has 2 aromatic rings. The fourth-order valence-corrected chi connectivity index (χ4v) is 1.91. The normalized spacial score (nSPS) is 10.3. The number of hydrogen-bond donors (Lipinski definition) is 2.